The number of carbonyl (C=O) groups excluding carboxylic acids is 1. The first-order valence-corrected chi connectivity index (χ1v) is 12.5. The van der Waals surface area contributed by atoms with Crippen LogP contribution in [-0.2, 0) is 33.4 Å². The molecule has 1 heterocycles. The van der Waals surface area contributed by atoms with E-state index in [2.05, 4.69) is 5.32 Å². The minimum atomic E-state index is -1.54. The fourth-order valence-corrected chi connectivity index (χ4v) is 4.55. The van der Waals surface area contributed by atoms with Crippen molar-refractivity contribution >= 4 is 27.5 Å². The van der Waals surface area contributed by atoms with E-state index < -0.39 is 33.6 Å². The van der Waals surface area contributed by atoms with Crippen molar-refractivity contribution in [1.82, 2.24) is 15.4 Å². The van der Waals surface area contributed by atoms with E-state index in [1.165, 1.54) is 40.7 Å². The minimum Gasteiger partial charge on any atom is -0.383 e. The lowest BCUT2D eigenvalue weighted by Gasteiger charge is -2.14. The number of rotatable bonds is 11. The number of pyridine rings is 1. The summed E-state index contributed by atoms with van der Waals surface area (Å²) in [6.07, 6.45) is 2.94. The molecular weight excluding hydrogens is 480 g/mol. The minimum absolute atomic E-state index is 0.0795. The van der Waals surface area contributed by atoms with Gasteiger partial charge in [-0.1, -0.05) is 18.2 Å². The van der Waals surface area contributed by atoms with Crippen LogP contribution in [0.3, 0.4) is 0 Å². The van der Waals surface area contributed by atoms with Gasteiger partial charge in [-0.3, -0.25) is 19.0 Å². The molecule has 8 nitrogen and oxygen atoms in total. The number of nitrogens with zero attached hydrogens (tertiary/aromatic N) is 1. The highest BCUT2D eigenvalue weighted by atomic mass is 32.2. The van der Waals surface area contributed by atoms with Crippen LogP contribution in [-0.4, -0.2) is 51.7 Å². The van der Waals surface area contributed by atoms with Crippen molar-refractivity contribution in [3.63, 3.8) is 0 Å². The number of hydroxylamine groups is 1. The average molecular weight is 508 g/mol. The highest BCUT2D eigenvalue weighted by Gasteiger charge is 2.22. The number of halogens is 2. The molecule has 0 aliphatic heterocycles. The highest BCUT2D eigenvalue weighted by molar-refractivity contribution is 7.85. The molecule has 0 fully saturated rings. The first-order chi connectivity index (χ1) is 16.8. The molecule has 0 aliphatic carbocycles. The molecule has 0 spiro atoms. The van der Waals surface area contributed by atoms with Crippen LogP contribution < -0.4 is 16.4 Å². The van der Waals surface area contributed by atoms with E-state index in [0.29, 0.717) is 29.5 Å². The molecule has 1 aromatic heterocycles. The number of amides is 1. The lowest BCUT2D eigenvalue weighted by Crippen LogP contribution is -2.36. The first kappa shape index (κ1) is 26.6. The summed E-state index contributed by atoms with van der Waals surface area (Å²) in [6, 6.07) is 9.38. The summed E-state index contributed by atoms with van der Waals surface area (Å²) in [7, 11) is 0.0178. The molecule has 188 valence electrons. The number of hydrogen-bond acceptors (Lipinski definition) is 6. The number of aryl methyl sites for hydroxylation is 1. The Balaban J connectivity index is 1.84. The summed E-state index contributed by atoms with van der Waals surface area (Å²) in [4.78, 5) is 24.6. The number of fused-ring (bicyclic) bond motifs is 1. The van der Waals surface area contributed by atoms with Crippen LogP contribution in [0.5, 0.6) is 0 Å². The number of carbonyl (C=O) groups is 1. The number of nitrogens with one attached hydrogen (secondary N) is 2. The Hall–Kier alpha value is -2.99. The molecule has 0 bridgehead atoms. The van der Waals surface area contributed by atoms with Gasteiger partial charge in [0.1, 0.15) is 5.25 Å². The zero-order chi connectivity index (χ0) is 25.5. The van der Waals surface area contributed by atoms with Gasteiger partial charge in [0, 0.05) is 66.5 Å². The molecule has 2 unspecified atom stereocenters. The number of aromatic nitrogens is 1. The largest absolute Gasteiger partial charge is 0.383 e. The fourth-order valence-electron chi connectivity index (χ4n) is 3.75. The van der Waals surface area contributed by atoms with Gasteiger partial charge in [-0.25, -0.2) is 14.3 Å². The Kier molecular flexibility index (Phi) is 9.21. The SMILES string of the molecule is COCCNCc1ccc(-c2ccc3c(=O)n(CCC(C(=O)NO)S(C)=O)ccc3c2)c(F)c1F. The zero-order valence-corrected chi connectivity index (χ0v) is 20.2. The summed E-state index contributed by atoms with van der Waals surface area (Å²) >= 11 is 0. The van der Waals surface area contributed by atoms with E-state index in [4.69, 9.17) is 9.94 Å². The molecule has 11 heteroatoms. The predicted octanol–water partition coefficient (Wildman–Crippen LogP) is 2.33. The molecule has 35 heavy (non-hydrogen) atoms. The van der Waals surface area contributed by atoms with Gasteiger partial charge in [-0.2, -0.15) is 0 Å². The highest BCUT2D eigenvalue weighted by Crippen LogP contribution is 2.28. The van der Waals surface area contributed by atoms with E-state index in [1.807, 2.05) is 0 Å². The molecular formula is C24H27F2N3O5S. The summed E-state index contributed by atoms with van der Waals surface area (Å²) in [5.74, 6) is -2.68. The average Bonchev–Trinajstić information content (AvgIpc) is 2.85. The maximum absolute atomic E-state index is 14.8. The van der Waals surface area contributed by atoms with Crippen LogP contribution in [0, 0.1) is 11.6 Å². The van der Waals surface area contributed by atoms with Gasteiger partial charge in [-0.15, -0.1) is 0 Å². The second-order valence-corrected chi connectivity index (χ2v) is 9.50. The van der Waals surface area contributed by atoms with Crippen LogP contribution >= 0.6 is 0 Å². The summed E-state index contributed by atoms with van der Waals surface area (Å²) in [6.45, 7) is 1.23. The van der Waals surface area contributed by atoms with Gasteiger partial charge in [0.15, 0.2) is 11.6 Å². The quantitative estimate of drug-likeness (QED) is 0.209. The third-order valence-electron chi connectivity index (χ3n) is 5.68. The van der Waals surface area contributed by atoms with Gasteiger partial charge in [0.05, 0.1) is 6.61 Å². The molecule has 0 aliphatic rings. The van der Waals surface area contributed by atoms with Crippen molar-refractivity contribution in [3.05, 3.63) is 70.1 Å². The van der Waals surface area contributed by atoms with Crippen molar-refractivity contribution in [1.29, 1.82) is 0 Å². The van der Waals surface area contributed by atoms with Gasteiger partial charge >= 0.3 is 0 Å². The molecule has 3 aromatic rings. The van der Waals surface area contributed by atoms with Crippen molar-refractivity contribution < 1.29 is 27.7 Å². The van der Waals surface area contributed by atoms with Crippen LogP contribution in [0.25, 0.3) is 21.9 Å². The third kappa shape index (κ3) is 6.17. The van der Waals surface area contributed by atoms with E-state index in [-0.39, 0.29) is 36.2 Å². The first-order valence-electron chi connectivity index (χ1n) is 10.8. The lowest BCUT2D eigenvalue weighted by molar-refractivity contribution is -0.128. The second-order valence-electron chi connectivity index (χ2n) is 7.94. The van der Waals surface area contributed by atoms with E-state index in [9.17, 15) is 22.6 Å². The number of benzene rings is 2. The molecule has 1 amide bonds. The van der Waals surface area contributed by atoms with Gasteiger partial charge in [0.2, 0.25) is 0 Å². The van der Waals surface area contributed by atoms with E-state index in [1.54, 1.807) is 25.3 Å². The summed E-state index contributed by atoms with van der Waals surface area (Å²) in [5, 5.41) is 11.7. The van der Waals surface area contributed by atoms with Crippen LogP contribution in [0.4, 0.5) is 8.78 Å². The molecule has 3 N–H and O–H groups in total. The smallest absolute Gasteiger partial charge is 0.259 e. The maximum atomic E-state index is 14.8. The summed E-state index contributed by atoms with van der Waals surface area (Å²) in [5.41, 5.74) is 1.85. The zero-order valence-electron chi connectivity index (χ0n) is 19.3. The van der Waals surface area contributed by atoms with Gasteiger partial charge in [-0.05, 0) is 35.6 Å². The van der Waals surface area contributed by atoms with Crippen LogP contribution in [0.15, 0.2) is 47.4 Å². The molecule has 0 radical (unpaired) electrons. The van der Waals surface area contributed by atoms with Crippen molar-refractivity contribution in [2.24, 2.45) is 0 Å². The fraction of sp³-hybridized carbons (Fsp3) is 0.333. The van der Waals surface area contributed by atoms with Crippen molar-refractivity contribution in [2.75, 3.05) is 26.5 Å². The predicted molar refractivity (Wildman–Crippen MR) is 130 cm³/mol. The topological polar surface area (TPSA) is 110 Å². The Morgan fingerprint density at radius 1 is 1.20 bits per heavy atom. The molecule has 0 saturated heterocycles. The lowest BCUT2D eigenvalue weighted by atomic mass is 9.99. The van der Waals surface area contributed by atoms with E-state index >= 15 is 0 Å². The van der Waals surface area contributed by atoms with Gasteiger partial charge < -0.3 is 14.6 Å². The maximum Gasteiger partial charge on any atom is 0.259 e. The Labute approximate surface area is 203 Å². The second kappa shape index (κ2) is 12.1. The number of ether oxygens (including phenoxy) is 1. The standard InChI is InChI=1S/C24H27F2N3O5S/c1-34-12-9-27-14-17-4-5-18(22(26)21(17)25)15-3-6-19-16(13-15)7-10-29(24(19)31)11-8-20(35(2)33)23(30)28-32/h3-7,10,13,20,27,32H,8-9,11-12,14H2,1-2H3,(H,28,30). The normalized spacial score (nSPS) is 13.1. The number of hydrogen-bond donors (Lipinski definition) is 3. The number of methoxy groups -OCH3 is 1. The van der Waals surface area contributed by atoms with Crippen molar-refractivity contribution in [2.45, 2.75) is 24.8 Å². The Morgan fingerprint density at radius 3 is 2.66 bits per heavy atom. The van der Waals surface area contributed by atoms with E-state index in [0.717, 1.165) is 0 Å². The Bertz CT molecular complexity index is 1300. The summed E-state index contributed by atoms with van der Waals surface area (Å²) < 4.78 is 47.5. The van der Waals surface area contributed by atoms with Crippen LogP contribution in [0.1, 0.15) is 12.0 Å². The Morgan fingerprint density at radius 2 is 1.97 bits per heavy atom. The van der Waals surface area contributed by atoms with Crippen molar-refractivity contribution in [3.8, 4) is 11.1 Å². The third-order valence-corrected chi connectivity index (χ3v) is 6.94. The molecule has 2 aromatic carbocycles. The molecule has 3 rings (SSSR count). The molecule has 0 saturated carbocycles. The van der Waals surface area contributed by atoms with Crippen LogP contribution in [0.2, 0.25) is 0 Å². The molecule has 2 atom stereocenters. The van der Waals surface area contributed by atoms with Gasteiger partial charge in [0.25, 0.3) is 11.5 Å². The monoisotopic (exact) mass is 507 g/mol.